The smallest absolute Gasteiger partial charge is 0.227 e. The van der Waals surface area contributed by atoms with Crippen LogP contribution in [0.3, 0.4) is 0 Å². The van der Waals surface area contributed by atoms with Gasteiger partial charge in [-0.05, 0) is 31.9 Å². The fourth-order valence-electron chi connectivity index (χ4n) is 1.80. The highest BCUT2D eigenvalue weighted by molar-refractivity contribution is 5.94. The number of carbonyl (C=O) groups excluding carboxylic acids is 1. The molecular formula is C13H14N4O. The van der Waals surface area contributed by atoms with E-state index in [0.29, 0.717) is 5.82 Å². The molecule has 1 saturated carbocycles. The van der Waals surface area contributed by atoms with Crippen molar-refractivity contribution in [1.29, 1.82) is 0 Å². The number of nitrogens with zero attached hydrogens (tertiary/aromatic N) is 2. The van der Waals surface area contributed by atoms with E-state index in [9.17, 15) is 4.79 Å². The summed E-state index contributed by atoms with van der Waals surface area (Å²) in [6.07, 6.45) is 2.01. The van der Waals surface area contributed by atoms with Crippen LogP contribution in [0.15, 0.2) is 24.3 Å². The zero-order valence-electron chi connectivity index (χ0n) is 10.1. The first-order valence-corrected chi connectivity index (χ1v) is 6.03. The third-order valence-electron chi connectivity index (χ3n) is 2.93. The minimum Gasteiger partial charge on any atom is -0.326 e. The Morgan fingerprint density at radius 3 is 2.94 bits per heavy atom. The van der Waals surface area contributed by atoms with Gasteiger partial charge in [0.15, 0.2) is 5.82 Å². The van der Waals surface area contributed by atoms with Crippen LogP contribution in [0, 0.1) is 12.8 Å². The first-order valence-electron chi connectivity index (χ1n) is 6.03. The topological polar surface area (TPSA) is 70.7 Å². The fourth-order valence-corrected chi connectivity index (χ4v) is 1.80. The van der Waals surface area contributed by atoms with Crippen molar-refractivity contribution in [2.45, 2.75) is 19.8 Å². The molecule has 92 valence electrons. The van der Waals surface area contributed by atoms with E-state index in [2.05, 4.69) is 20.5 Å². The molecule has 3 rings (SSSR count). The fraction of sp³-hybridized carbons (Fsp3) is 0.308. The third kappa shape index (κ3) is 2.25. The van der Waals surface area contributed by atoms with Crippen LogP contribution in [-0.2, 0) is 4.79 Å². The number of anilines is 1. The quantitative estimate of drug-likeness (QED) is 0.866. The Balaban J connectivity index is 1.82. The average molecular weight is 242 g/mol. The van der Waals surface area contributed by atoms with Crippen molar-refractivity contribution >= 4 is 11.6 Å². The molecule has 1 fully saturated rings. The summed E-state index contributed by atoms with van der Waals surface area (Å²) in [6, 6.07) is 7.59. The van der Waals surface area contributed by atoms with Crippen molar-refractivity contribution in [3.63, 3.8) is 0 Å². The van der Waals surface area contributed by atoms with E-state index < -0.39 is 0 Å². The van der Waals surface area contributed by atoms with Crippen LogP contribution in [0.2, 0.25) is 0 Å². The summed E-state index contributed by atoms with van der Waals surface area (Å²) < 4.78 is 0. The summed E-state index contributed by atoms with van der Waals surface area (Å²) in [6.45, 7) is 1.86. The summed E-state index contributed by atoms with van der Waals surface area (Å²) in [5.41, 5.74) is 1.69. The number of H-pyrrole nitrogens is 1. The van der Waals surface area contributed by atoms with Gasteiger partial charge in [0.2, 0.25) is 5.91 Å². The van der Waals surface area contributed by atoms with E-state index in [4.69, 9.17) is 0 Å². The Kier molecular flexibility index (Phi) is 2.59. The molecule has 1 aromatic carbocycles. The maximum absolute atomic E-state index is 11.7. The van der Waals surface area contributed by atoms with Gasteiger partial charge < -0.3 is 5.32 Å². The maximum Gasteiger partial charge on any atom is 0.227 e. The van der Waals surface area contributed by atoms with Gasteiger partial charge in [0, 0.05) is 17.2 Å². The number of benzene rings is 1. The van der Waals surface area contributed by atoms with E-state index in [1.807, 2.05) is 31.2 Å². The molecule has 1 heterocycles. The molecule has 0 bridgehead atoms. The SMILES string of the molecule is Cc1nc(-c2cccc(NC(=O)C3CC3)c2)n[nH]1. The van der Waals surface area contributed by atoms with E-state index in [1.165, 1.54) is 0 Å². The molecule has 1 aromatic heterocycles. The third-order valence-corrected chi connectivity index (χ3v) is 2.93. The zero-order chi connectivity index (χ0) is 12.5. The highest BCUT2D eigenvalue weighted by Gasteiger charge is 2.29. The van der Waals surface area contributed by atoms with E-state index in [0.717, 1.165) is 29.9 Å². The van der Waals surface area contributed by atoms with Crippen molar-refractivity contribution in [3.05, 3.63) is 30.1 Å². The number of rotatable bonds is 3. The highest BCUT2D eigenvalue weighted by Crippen LogP contribution is 2.30. The number of hydrogen-bond donors (Lipinski definition) is 2. The Morgan fingerprint density at radius 2 is 2.28 bits per heavy atom. The van der Waals surface area contributed by atoms with E-state index >= 15 is 0 Å². The minimum absolute atomic E-state index is 0.110. The van der Waals surface area contributed by atoms with Crippen molar-refractivity contribution in [3.8, 4) is 11.4 Å². The Labute approximate surface area is 105 Å². The molecule has 2 N–H and O–H groups in total. The minimum atomic E-state index is 0.110. The largest absolute Gasteiger partial charge is 0.326 e. The first-order chi connectivity index (χ1) is 8.72. The van der Waals surface area contributed by atoms with Crippen LogP contribution in [0.4, 0.5) is 5.69 Å². The molecule has 0 spiro atoms. The number of amides is 1. The lowest BCUT2D eigenvalue weighted by Crippen LogP contribution is -2.13. The lowest BCUT2D eigenvalue weighted by Gasteiger charge is -2.05. The molecular weight excluding hydrogens is 228 g/mol. The van der Waals surface area contributed by atoms with Crippen molar-refractivity contribution in [2.24, 2.45) is 5.92 Å². The van der Waals surface area contributed by atoms with Gasteiger partial charge in [-0.2, -0.15) is 5.10 Å². The molecule has 5 nitrogen and oxygen atoms in total. The summed E-state index contributed by atoms with van der Waals surface area (Å²) in [4.78, 5) is 15.9. The van der Waals surface area contributed by atoms with Crippen LogP contribution in [0.25, 0.3) is 11.4 Å². The van der Waals surface area contributed by atoms with Gasteiger partial charge in [0.1, 0.15) is 5.82 Å². The van der Waals surface area contributed by atoms with Crippen molar-refractivity contribution < 1.29 is 4.79 Å². The van der Waals surface area contributed by atoms with Crippen LogP contribution >= 0.6 is 0 Å². The van der Waals surface area contributed by atoms with Crippen LogP contribution < -0.4 is 5.32 Å². The van der Waals surface area contributed by atoms with Crippen LogP contribution in [0.1, 0.15) is 18.7 Å². The van der Waals surface area contributed by atoms with Gasteiger partial charge in [-0.25, -0.2) is 4.98 Å². The predicted octanol–water partition coefficient (Wildman–Crippen LogP) is 2.13. The average Bonchev–Trinajstić information content (AvgIpc) is 3.12. The van der Waals surface area contributed by atoms with Crippen LogP contribution in [0.5, 0.6) is 0 Å². The summed E-state index contributed by atoms with van der Waals surface area (Å²) in [7, 11) is 0. The van der Waals surface area contributed by atoms with Gasteiger partial charge in [-0.3, -0.25) is 9.89 Å². The second kappa shape index (κ2) is 4.25. The van der Waals surface area contributed by atoms with Gasteiger partial charge in [0.05, 0.1) is 0 Å². The first kappa shape index (κ1) is 11.0. The molecule has 2 aromatic rings. The van der Waals surface area contributed by atoms with E-state index in [-0.39, 0.29) is 11.8 Å². The van der Waals surface area contributed by atoms with E-state index in [1.54, 1.807) is 0 Å². The summed E-state index contributed by atoms with van der Waals surface area (Å²) in [5.74, 6) is 1.74. The van der Waals surface area contributed by atoms with Gasteiger partial charge >= 0.3 is 0 Å². The van der Waals surface area contributed by atoms with Gasteiger partial charge in [0.25, 0.3) is 0 Å². The Morgan fingerprint density at radius 1 is 1.44 bits per heavy atom. The summed E-state index contributed by atoms with van der Waals surface area (Å²) in [5, 5.41) is 9.83. The standard InChI is InChI=1S/C13H14N4O/c1-8-14-12(17-16-8)10-3-2-4-11(7-10)15-13(18)9-5-6-9/h2-4,7,9H,5-6H2,1H3,(H,15,18)(H,14,16,17). The summed E-state index contributed by atoms with van der Waals surface area (Å²) >= 11 is 0. The highest BCUT2D eigenvalue weighted by atomic mass is 16.2. The monoisotopic (exact) mass is 242 g/mol. The lowest BCUT2D eigenvalue weighted by molar-refractivity contribution is -0.117. The normalized spacial score (nSPS) is 14.5. The molecule has 5 heteroatoms. The molecule has 1 aliphatic carbocycles. The van der Waals surface area contributed by atoms with Crippen LogP contribution in [-0.4, -0.2) is 21.1 Å². The van der Waals surface area contributed by atoms with Crippen molar-refractivity contribution in [1.82, 2.24) is 15.2 Å². The predicted molar refractivity (Wildman–Crippen MR) is 67.9 cm³/mol. The number of carbonyl (C=O) groups is 1. The lowest BCUT2D eigenvalue weighted by atomic mass is 10.2. The van der Waals surface area contributed by atoms with Crippen molar-refractivity contribution in [2.75, 3.05) is 5.32 Å². The number of nitrogens with one attached hydrogen (secondary N) is 2. The molecule has 18 heavy (non-hydrogen) atoms. The second-order valence-corrected chi connectivity index (χ2v) is 4.59. The zero-order valence-corrected chi connectivity index (χ0v) is 10.1. The number of aryl methyl sites for hydroxylation is 1. The second-order valence-electron chi connectivity index (χ2n) is 4.59. The molecule has 1 amide bonds. The molecule has 0 aliphatic heterocycles. The Bertz CT molecular complexity index is 586. The molecule has 0 unspecified atom stereocenters. The van der Waals surface area contributed by atoms with Gasteiger partial charge in [-0.15, -0.1) is 0 Å². The van der Waals surface area contributed by atoms with Gasteiger partial charge in [-0.1, -0.05) is 12.1 Å². The number of hydrogen-bond acceptors (Lipinski definition) is 3. The molecule has 0 radical (unpaired) electrons. The number of aromatic nitrogens is 3. The maximum atomic E-state index is 11.7. The molecule has 0 atom stereocenters. The molecule has 1 aliphatic rings. The number of aromatic amines is 1. The Hall–Kier alpha value is -2.17. The molecule has 0 saturated heterocycles.